The molecule has 1 N–H and O–H groups in total. The predicted molar refractivity (Wildman–Crippen MR) is 66.0 cm³/mol. The number of nitrogens with one attached hydrogen (secondary N) is 1. The van der Waals surface area contributed by atoms with Crippen LogP contribution in [0.15, 0.2) is 24.3 Å². The molecule has 0 aliphatic rings. The quantitative estimate of drug-likeness (QED) is 0.826. The third-order valence-corrected chi connectivity index (χ3v) is 2.95. The van der Waals surface area contributed by atoms with E-state index in [9.17, 15) is 4.39 Å². The van der Waals surface area contributed by atoms with Gasteiger partial charge in [0.05, 0.1) is 0 Å². The summed E-state index contributed by atoms with van der Waals surface area (Å²) in [5.41, 5.74) is 0.992. The molecule has 0 aliphatic carbocycles. The van der Waals surface area contributed by atoms with Crippen molar-refractivity contribution in [3.8, 4) is 0 Å². The molecule has 16 heavy (non-hydrogen) atoms. The molecule has 0 bridgehead atoms. The molecule has 0 amide bonds. The van der Waals surface area contributed by atoms with Crippen molar-refractivity contribution in [3.05, 3.63) is 35.6 Å². The van der Waals surface area contributed by atoms with Gasteiger partial charge in [0, 0.05) is 18.6 Å². The van der Waals surface area contributed by atoms with Crippen LogP contribution in [-0.4, -0.2) is 31.6 Å². The molecule has 1 rings (SSSR count). The summed E-state index contributed by atoms with van der Waals surface area (Å²) in [7, 11) is 4.11. The number of hydrogen-bond acceptors (Lipinski definition) is 2. The van der Waals surface area contributed by atoms with E-state index in [0.717, 1.165) is 12.1 Å². The third-order valence-electron chi connectivity index (χ3n) is 2.95. The Morgan fingerprint density at radius 1 is 1.31 bits per heavy atom. The minimum Gasteiger partial charge on any atom is -0.309 e. The standard InChI is InChI=1S/C13H21FN2/c1-10(16(3)4)9-15-11(2)12-6-5-7-13(14)8-12/h5-8,10-11,15H,9H2,1-4H3. The summed E-state index contributed by atoms with van der Waals surface area (Å²) < 4.78 is 13.0. The Labute approximate surface area is 97.5 Å². The van der Waals surface area contributed by atoms with Crippen LogP contribution in [0.25, 0.3) is 0 Å². The molecule has 0 aromatic heterocycles. The van der Waals surface area contributed by atoms with Gasteiger partial charge < -0.3 is 10.2 Å². The molecule has 2 nitrogen and oxygen atoms in total. The van der Waals surface area contributed by atoms with Crippen LogP contribution >= 0.6 is 0 Å². The van der Waals surface area contributed by atoms with E-state index in [4.69, 9.17) is 0 Å². The zero-order chi connectivity index (χ0) is 12.1. The minimum absolute atomic E-state index is 0.174. The predicted octanol–water partition coefficient (Wildman–Crippen LogP) is 2.43. The maximum Gasteiger partial charge on any atom is 0.123 e. The maximum absolute atomic E-state index is 13.0. The molecule has 2 unspecified atom stereocenters. The summed E-state index contributed by atoms with van der Waals surface area (Å²) >= 11 is 0. The van der Waals surface area contributed by atoms with Crippen molar-refractivity contribution in [1.29, 1.82) is 0 Å². The average Bonchev–Trinajstić information content (AvgIpc) is 2.25. The second kappa shape index (κ2) is 5.97. The Morgan fingerprint density at radius 2 is 2.00 bits per heavy atom. The second-order valence-electron chi connectivity index (χ2n) is 4.50. The zero-order valence-corrected chi connectivity index (χ0v) is 10.5. The second-order valence-corrected chi connectivity index (χ2v) is 4.50. The fourth-order valence-electron chi connectivity index (χ4n) is 1.42. The Kier molecular flexibility index (Phi) is 4.90. The van der Waals surface area contributed by atoms with Crippen LogP contribution in [0.1, 0.15) is 25.5 Å². The van der Waals surface area contributed by atoms with Gasteiger partial charge in [0.2, 0.25) is 0 Å². The zero-order valence-electron chi connectivity index (χ0n) is 10.5. The van der Waals surface area contributed by atoms with Gasteiger partial charge in [0.25, 0.3) is 0 Å². The fraction of sp³-hybridized carbons (Fsp3) is 0.538. The third kappa shape index (κ3) is 3.91. The molecule has 0 saturated heterocycles. The number of likely N-dealkylation sites (N-methyl/N-ethyl adjacent to an activating group) is 1. The van der Waals surface area contributed by atoms with Crippen molar-refractivity contribution < 1.29 is 4.39 Å². The molecule has 1 aromatic carbocycles. The van der Waals surface area contributed by atoms with Crippen molar-refractivity contribution in [1.82, 2.24) is 10.2 Å². The van der Waals surface area contributed by atoms with Gasteiger partial charge in [-0.05, 0) is 45.6 Å². The highest BCUT2D eigenvalue weighted by molar-refractivity contribution is 5.19. The molecule has 0 spiro atoms. The summed E-state index contributed by atoms with van der Waals surface area (Å²) in [6.45, 7) is 5.10. The van der Waals surface area contributed by atoms with Gasteiger partial charge in [0.15, 0.2) is 0 Å². The average molecular weight is 224 g/mol. The van der Waals surface area contributed by atoms with Gasteiger partial charge in [-0.2, -0.15) is 0 Å². The van der Waals surface area contributed by atoms with E-state index in [2.05, 4.69) is 38.2 Å². The minimum atomic E-state index is -0.174. The van der Waals surface area contributed by atoms with Gasteiger partial charge in [-0.3, -0.25) is 0 Å². The van der Waals surface area contributed by atoms with E-state index in [0.29, 0.717) is 6.04 Å². The van der Waals surface area contributed by atoms with Gasteiger partial charge >= 0.3 is 0 Å². The van der Waals surface area contributed by atoms with E-state index in [1.54, 1.807) is 12.1 Å². The van der Waals surface area contributed by atoms with E-state index in [1.807, 2.05) is 6.07 Å². The largest absolute Gasteiger partial charge is 0.309 e. The molecule has 0 aliphatic heterocycles. The van der Waals surface area contributed by atoms with Crippen LogP contribution in [0.3, 0.4) is 0 Å². The fourth-order valence-corrected chi connectivity index (χ4v) is 1.42. The Morgan fingerprint density at radius 3 is 2.56 bits per heavy atom. The molecule has 0 saturated carbocycles. The Balaban J connectivity index is 2.49. The van der Waals surface area contributed by atoms with Crippen molar-refractivity contribution >= 4 is 0 Å². The van der Waals surface area contributed by atoms with Crippen molar-refractivity contribution in [3.63, 3.8) is 0 Å². The lowest BCUT2D eigenvalue weighted by Gasteiger charge is -2.23. The molecule has 3 heteroatoms. The first kappa shape index (κ1) is 13.1. The summed E-state index contributed by atoms with van der Waals surface area (Å²) in [4.78, 5) is 2.16. The van der Waals surface area contributed by atoms with Crippen molar-refractivity contribution in [2.75, 3.05) is 20.6 Å². The number of rotatable bonds is 5. The lowest BCUT2D eigenvalue weighted by Crippen LogP contribution is -2.36. The first-order chi connectivity index (χ1) is 7.50. The molecule has 0 heterocycles. The van der Waals surface area contributed by atoms with E-state index in [-0.39, 0.29) is 11.9 Å². The highest BCUT2D eigenvalue weighted by Gasteiger charge is 2.09. The van der Waals surface area contributed by atoms with E-state index in [1.165, 1.54) is 6.07 Å². The van der Waals surface area contributed by atoms with E-state index < -0.39 is 0 Å². The van der Waals surface area contributed by atoms with Crippen LogP contribution in [-0.2, 0) is 0 Å². The van der Waals surface area contributed by atoms with Crippen molar-refractivity contribution in [2.45, 2.75) is 25.9 Å². The van der Waals surface area contributed by atoms with E-state index >= 15 is 0 Å². The van der Waals surface area contributed by atoms with Gasteiger partial charge in [-0.25, -0.2) is 4.39 Å². The molecule has 1 aromatic rings. The van der Waals surface area contributed by atoms with Gasteiger partial charge in [0.1, 0.15) is 5.82 Å². The summed E-state index contributed by atoms with van der Waals surface area (Å²) in [5.74, 6) is -0.174. The number of halogens is 1. The molecule has 0 radical (unpaired) electrons. The number of hydrogen-bond donors (Lipinski definition) is 1. The smallest absolute Gasteiger partial charge is 0.123 e. The normalized spacial score (nSPS) is 15.1. The summed E-state index contributed by atoms with van der Waals surface area (Å²) in [6.07, 6.45) is 0. The molecular weight excluding hydrogens is 203 g/mol. The molecular formula is C13H21FN2. The Hall–Kier alpha value is -0.930. The lowest BCUT2D eigenvalue weighted by atomic mass is 10.1. The maximum atomic E-state index is 13.0. The SMILES string of the molecule is CC(NCC(C)N(C)C)c1cccc(F)c1. The number of benzene rings is 1. The molecule has 90 valence electrons. The summed E-state index contributed by atoms with van der Waals surface area (Å²) in [5, 5.41) is 3.40. The molecule has 0 fully saturated rings. The van der Waals surface area contributed by atoms with Crippen LogP contribution < -0.4 is 5.32 Å². The van der Waals surface area contributed by atoms with Crippen LogP contribution in [0.2, 0.25) is 0 Å². The lowest BCUT2D eigenvalue weighted by molar-refractivity contribution is 0.295. The first-order valence-corrected chi connectivity index (χ1v) is 5.66. The van der Waals surface area contributed by atoms with Crippen LogP contribution in [0, 0.1) is 5.82 Å². The van der Waals surface area contributed by atoms with Gasteiger partial charge in [-0.15, -0.1) is 0 Å². The van der Waals surface area contributed by atoms with Crippen LogP contribution in [0.5, 0.6) is 0 Å². The highest BCUT2D eigenvalue weighted by atomic mass is 19.1. The molecule has 2 atom stereocenters. The highest BCUT2D eigenvalue weighted by Crippen LogP contribution is 2.13. The van der Waals surface area contributed by atoms with Crippen molar-refractivity contribution in [2.24, 2.45) is 0 Å². The summed E-state index contributed by atoms with van der Waals surface area (Å²) in [6, 6.07) is 7.39. The topological polar surface area (TPSA) is 15.3 Å². The first-order valence-electron chi connectivity index (χ1n) is 5.66. The Bertz CT molecular complexity index is 325. The monoisotopic (exact) mass is 224 g/mol. The van der Waals surface area contributed by atoms with Gasteiger partial charge in [-0.1, -0.05) is 12.1 Å². The number of nitrogens with zero attached hydrogens (tertiary/aromatic N) is 1. The van der Waals surface area contributed by atoms with Crippen LogP contribution in [0.4, 0.5) is 4.39 Å².